The molecule has 5 nitrogen and oxygen atoms in total. The second-order valence-electron chi connectivity index (χ2n) is 4.80. The molecule has 1 heterocycles. The Balaban J connectivity index is 2.52. The zero-order valence-electron chi connectivity index (χ0n) is 10.8. The van der Waals surface area contributed by atoms with Crippen LogP contribution < -0.4 is 0 Å². The lowest BCUT2D eigenvalue weighted by molar-refractivity contribution is -0.222. The predicted molar refractivity (Wildman–Crippen MR) is 65.0 cm³/mol. The highest BCUT2D eigenvalue weighted by molar-refractivity contribution is 7.89. The van der Waals surface area contributed by atoms with Gasteiger partial charge in [-0.2, -0.15) is 18.4 Å². The average molecular weight is 314 g/mol. The summed E-state index contributed by atoms with van der Waals surface area (Å²) in [6.45, 7) is -0.0423. The number of aliphatic hydroxyl groups excluding tert-OH is 1. The fourth-order valence-electron chi connectivity index (χ4n) is 2.20. The van der Waals surface area contributed by atoms with Gasteiger partial charge < -0.3 is 5.11 Å². The summed E-state index contributed by atoms with van der Waals surface area (Å²) in [5.74, 6) is -1.13. The van der Waals surface area contributed by atoms with Crippen LogP contribution in [0.4, 0.5) is 13.2 Å². The molecule has 0 radical (unpaired) electrons. The summed E-state index contributed by atoms with van der Waals surface area (Å²) in [7, 11) is -3.52. The van der Waals surface area contributed by atoms with E-state index in [1.165, 1.54) is 0 Å². The van der Waals surface area contributed by atoms with E-state index < -0.39 is 28.2 Å². The molecule has 1 aliphatic heterocycles. The zero-order chi connectivity index (χ0) is 15.4. The lowest BCUT2D eigenvalue weighted by Crippen LogP contribution is -2.45. The second-order valence-corrected chi connectivity index (χ2v) is 6.89. The van der Waals surface area contributed by atoms with Crippen molar-refractivity contribution < 1.29 is 26.7 Å². The number of nitriles is 1. The number of alkyl halides is 3. The fourth-order valence-corrected chi connectivity index (χ4v) is 3.73. The Morgan fingerprint density at radius 3 is 2.35 bits per heavy atom. The van der Waals surface area contributed by atoms with Gasteiger partial charge in [0.25, 0.3) is 0 Å². The van der Waals surface area contributed by atoms with Gasteiger partial charge in [0, 0.05) is 19.5 Å². The van der Waals surface area contributed by atoms with Crippen LogP contribution in [0.5, 0.6) is 0 Å². The molecule has 0 spiro atoms. The third-order valence-corrected chi connectivity index (χ3v) is 5.32. The maximum atomic E-state index is 12.4. The molecule has 20 heavy (non-hydrogen) atoms. The van der Waals surface area contributed by atoms with Crippen molar-refractivity contribution in [3.05, 3.63) is 0 Å². The molecule has 0 aromatic carbocycles. The molecule has 0 aliphatic carbocycles. The summed E-state index contributed by atoms with van der Waals surface area (Å²) in [6, 6.07) is 1.84. The summed E-state index contributed by atoms with van der Waals surface area (Å²) in [6.07, 6.45) is -6.76. The molecule has 9 heteroatoms. The first kappa shape index (κ1) is 17.2. The maximum Gasteiger partial charge on any atom is 0.414 e. The maximum absolute atomic E-state index is 12.4. The van der Waals surface area contributed by atoms with Gasteiger partial charge >= 0.3 is 6.18 Å². The van der Waals surface area contributed by atoms with Crippen LogP contribution in [0.3, 0.4) is 0 Å². The molecular formula is C11H17F3N2O3S. The third-order valence-electron chi connectivity index (χ3n) is 3.36. The van der Waals surface area contributed by atoms with Crippen molar-refractivity contribution in [2.45, 2.75) is 38.0 Å². The number of sulfonamides is 1. The molecule has 1 aliphatic rings. The van der Waals surface area contributed by atoms with Crippen molar-refractivity contribution in [1.29, 1.82) is 5.26 Å². The molecule has 1 rings (SSSR count). The number of nitrogens with zero attached hydrogens (tertiary/aromatic N) is 2. The lowest BCUT2D eigenvalue weighted by Gasteiger charge is -2.34. The number of unbranched alkanes of at least 4 members (excludes halogenated alkanes) is 1. The molecule has 1 N–H and O–H groups in total. The normalized spacial score (nSPS) is 20.6. The van der Waals surface area contributed by atoms with E-state index in [0.29, 0.717) is 0 Å². The van der Waals surface area contributed by atoms with Crippen molar-refractivity contribution in [2.75, 3.05) is 18.8 Å². The largest absolute Gasteiger partial charge is 0.414 e. The molecule has 0 saturated carbocycles. The van der Waals surface area contributed by atoms with Crippen molar-refractivity contribution in [3.8, 4) is 6.07 Å². The van der Waals surface area contributed by atoms with Gasteiger partial charge in [0.05, 0.1) is 11.8 Å². The van der Waals surface area contributed by atoms with Gasteiger partial charge in [-0.15, -0.1) is 0 Å². The topological polar surface area (TPSA) is 81.4 Å². The van der Waals surface area contributed by atoms with E-state index in [2.05, 4.69) is 0 Å². The molecule has 1 unspecified atom stereocenters. The Kier molecular flexibility index (Phi) is 5.79. The molecule has 0 aromatic rings. The SMILES string of the molecule is N#CCCCS(=O)(=O)N1CCC(C(O)C(F)(F)F)CC1. The Morgan fingerprint density at radius 2 is 1.90 bits per heavy atom. The highest BCUT2D eigenvalue weighted by Gasteiger charge is 2.44. The Morgan fingerprint density at radius 1 is 1.35 bits per heavy atom. The van der Waals surface area contributed by atoms with Gasteiger partial charge in [0.1, 0.15) is 0 Å². The molecule has 0 amide bonds. The first-order valence-corrected chi connectivity index (χ1v) is 7.89. The van der Waals surface area contributed by atoms with E-state index in [-0.39, 0.29) is 44.5 Å². The van der Waals surface area contributed by atoms with E-state index in [1.807, 2.05) is 6.07 Å². The van der Waals surface area contributed by atoms with Crippen molar-refractivity contribution in [2.24, 2.45) is 5.92 Å². The lowest BCUT2D eigenvalue weighted by atomic mass is 9.92. The number of halogens is 3. The summed E-state index contributed by atoms with van der Waals surface area (Å²) >= 11 is 0. The summed E-state index contributed by atoms with van der Waals surface area (Å²) in [5, 5.41) is 17.5. The van der Waals surface area contributed by atoms with Crippen LogP contribution in [-0.4, -0.2) is 49.0 Å². The van der Waals surface area contributed by atoms with E-state index in [9.17, 15) is 21.6 Å². The molecule has 116 valence electrons. The monoisotopic (exact) mass is 314 g/mol. The quantitative estimate of drug-likeness (QED) is 0.775. The van der Waals surface area contributed by atoms with Crippen LogP contribution in [0.1, 0.15) is 25.7 Å². The van der Waals surface area contributed by atoms with Crippen LogP contribution in [-0.2, 0) is 10.0 Å². The molecular weight excluding hydrogens is 297 g/mol. The van der Waals surface area contributed by atoms with Crippen LogP contribution in [0.15, 0.2) is 0 Å². The number of aliphatic hydroxyl groups is 1. The molecule has 1 fully saturated rings. The van der Waals surface area contributed by atoms with E-state index in [4.69, 9.17) is 10.4 Å². The molecule has 1 atom stereocenters. The summed E-state index contributed by atoms with van der Waals surface area (Å²) in [5.41, 5.74) is 0. The first-order chi connectivity index (χ1) is 9.18. The second kappa shape index (κ2) is 6.74. The number of hydrogen-bond acceptors (Lipinski definition) is 4. The van der Waals surface area contributed by atoms with E-state index >= 15 is 0 Å². The number of hydrogen-bond donors (Lipinski definition) is 1. The molecule has 0 bridgehead atoms. The minimum absolute atomic E-state index is 0.0157. The minimum Gasteiger partial charge on any atom is -0.383 e. The smallest absolute Gasteiger partial charge is 0.383 e. The molecule has 1 saturated heterocycles. The van der Waals surface area contributed by atoms with Crippen LogP contribution in [0, 0.1) is 17.2 Å². The van der Waals surface area contributed by atoms with Crippen LogP contribution in [0.25, 0.3) is 0 Å². The van der Waals surface area contributed by atoms with Gasteiger partial charge in [-0.1, -0.05) is 0 Å². The fraction of sp³-hybridized carbons (Fsp3) is 0.909. The first-order valence-electron chi connectivity index (χ1n) is 6.28. The summed E-state index contributed by atoms with van der Waals surface area (Å²) < 4.78 is 61.9. The standard InChI is InChI=1S/C11H17F3N2O3S/c12-11(13,14)10(17)9-3-6-16(7-4-9)20(18,19)8-2-1-5-15/h9-10,17H,1-4,6-8H2. The van der Waals surface area contributed by atoms with E-state index in [0.717, 1.165) is 4.31 Å². The third kappa shape index (κ3) is 4.61. The van der Waals surface area contributed by atoms with Gasteiger partial charge in [-0.3, -0.25) is 0 Å². The number of rotatable bonds is 5. The Hall–Kier alpha value is -0.850. The average Bonchev–Trinajstić information content (AvgIpc) is 2.37. The summed E-state index contributed by atoms with van der Waals surface area (Å²) in [4.78, 5) is 0. The Bertz CT molecular complexity index is 451. The minimum atomic E-state index is -4.67. The van der Waals surface area contributed by atoms with Gasteiger partial charge in [-0.25, -0.2) is 12.7 Å². The Labute approximate surface area is 116 Å². The van der Waals surface area contributed by atoms with Crippen molar-refractivity contribution in [3.63, 3.8) is 0 Å². The zero-order valence-corrected chi connectivity index (χ0v) is 11.6. The van der Waals surface area contributed by atoms with Crippen molar-refractivity contribution >= 4 is 10.0 Å². The van der Waals surface area contributed by atoms with Crippen molar-refractivity contribution in [1.82, 2.24) is 4.31 Å². The van der Waals surface area contributed by atoms with Crippen LogP contribution in [0.2, 0.25) is 0 Å². The van der Waals surface area contributed by atoms with Gasteiger partial charge in [0.2, 0.25) is 10.0 Å². The molecule has 0 aromatic heterocycles. The highest BCUT2D eigenvalue weighted by Crippen LogP contribution is 2.32. The van der Waals surface area contributed by atoms with Gasteiger partial charge in [-0.05, 0) is 25.2 Å². The highest BCUT2D eigenvalue weighted by atomic mass is 32.2. The van der Waals surface area contributed by atoms with Crippen LogP contribution >= 0.6 is 0 Å². The van der Waals surface area contributed by atoms with Gasteiger partial charge in [0.15, 0.2) is 6.10 Å². The van der Waals surface area contributed by atoms with E-state index in [1.54, 1.807) is 0 Å². The predicted octanol–water partition coefficient (Wildman–Crippen LogP) is 1.26. The number of piperidine rings is 1.